The van der Waals surface area contributed by atoms with Gasteiger partial charge in [0, 0.05) is 10.9 Å². The van der Waals surface area contributed by atoms with Crippen LogP contribution in [0.25, 0.3) is 0 Å². The number of methoxy groups -OCH3 is 1. The number of benzene rings is 1. The third-order valence-electron chi connectivity index (χ3n) is 3.13. The number of carbonyl (C=O) groups is 1. The van der Waals surface area contributed by atoms with Crippen molar-refractivity contribution >= 4 is 17.6 Å². The van der Waals surface area contributed by atoms with Crippen molar-refractivity contribution in [2.75, 3.05) is 7.11 Å². The smallest absolute Gasteiger partial charge is 0.341 e. The zero-order valence-corrected chi connectivity index (χ0v) is 10.3. The highest BCUT2D eigenvalue weighted by atomic mass is 35.5. The van der Waals surface area contributed by atoms with Gasteiger partial charge in [0.05, 0.1) is 7.11 Å². The van der Waals surface area contributed by atoms with Crippen LogP contribution >= 0.6 is 11.6 Å². The second-order valence-corrected chi connectivity index (χ2v) is 4.78. The number of hydrogen-bond donors (Lipinski definition) is 0. The van der Waals surface area contributed by atoms with Gasteiger partial charge in [-0.3, -0.25) is 0 Å². The summed E-state index contributed by atoms with van der Waals surface area (Å²) in [4.78, 5) is 11.3. The average Bonchev–Trinajstić information content (AvgIpc) is 3.15. The van der Waals surface area contributed by atoms with Crippen LogP contribution in [-0.4, -0.2) is 19.3 Å². The maximum atomic E-state index is 14.0. The van der Waals surface area contributed by atoms with E-state index in [-0.39, 0.29) is 5.92 Å². The normalized spacial score (nSPS) is 18.5. The molecule has 4 heteroatoms. The fourth-order valence-corrected chi connectivity index (χ4v) is 2.21. The molecule has 0 spiro atoms. The van der Waals surface area contributed by atoms with Gasteiger partial charge in [0.2, 0.25) is 6.17 Å². The van der Waals surface area contributed by atoms with Gasteiger partial charge in [0.15, 0.2) is 0 Å². The van der Waals surface area contributed by atoms with E-state index in [0.717, 1.165) is 18.4 Å². The Hall–Kier alpha value is -1.09. The van der Waals surface area contributed by atoms with Gasteiger partial charge in [-0.1, -0.05) is 23.7 Å². The Bertz CT molecular complexity index is 400. The van der Waals surface area contributed by atoms with Crippen molar-refractivity contribution in [3.8, 4) is 0 Å². The standard InChI is InChI=1S/C13H14ClFO2/c1-17-13(16)12(15)11(8-2-3-8)9-4-6-10(14)7-5-9/h4-8,11-12H,2-3H2,1H3. The molecule has 0 N–H and O–H groups in total. The second kappa shape index (κ2) is 5.05. The zero-order chi connectivity index (χ0) is 12.4. The first-order valence-corrected chi connectivity index (χ1v) is 5.98. The van der Waals surface area contributed by atoms with Gasteiger partial charge in [0.1, 0.15) is 0 Å². The summed E-state index contributed by atoms with van der Waals surface area (Å²) in [5.74, 6) is -0.957. The number of halogens is 2. The molecule has 0 aliphatic heterocycles. The molecule has 2 unspecified atom stereocenters. The van der Waals surface area contributed by atoms with Gasteiger partial charge in [0.25, 0.3) is 0 Å². The lowest BCUT2D eigenvalue weighted by atomic mass is 9.89. The lowest BCUT2D eigenvalue weighted by Crippen LogP contribution is -2.26. The van der Waals surface area contributed by atoms with Crippen molar-refractivity contribution in [3.63, 3.8) is 0 Å². The lowest BCUT2D eigenvalue weighted by molar-refractivity contribution is -0.147. The predicted octanol–water partition coefficient (Wildman–Crippen LogP) is 3.34. The molecule has 1 aromatic carbocycles. The van der Waals surface area contributed by atoms with E-state index >= 15 is 0 Å². The number of carbonyl (C=O) groups excluding carboxylic acids is 1. The number of hydrogen-bond acceptors (Lipinski definition) is 2. The molecule has 0 saturated heterocycles. The van der Waals surface area contributed by atoms with Crippen molar-refractivity contribution in [1.82, 2.24) is 0 Å². The summed E-state index contributed by atoms with van der Waals surface area (Å²) in [7, 11) is 1.21. The Morgan fingerprint density at radius 3 is 2.47 bits per heavy atom. The first-order valence-electron chi connectivity index (χ1n) is 5.61. The van der Waals surface area contributed by atoms with Crippen LogP contribution in [0.1, 0.15) is 24.3 Å². The predicted molar refractivity (Wildman–Crippen MR) is 63.8 cm³/mol. The maximum absolute atomic E-state index is 14.0. The molecule has 2 atom stereocenters. The Morgan fingerprint density at radius 2 is 2.00 bits per heavy atom. The van der Waals surface area contributed by atoms with E-state index in [1.807, 2.05) is 0 Å². The molecule has 1 aliphatic rings. The van der Waals surface area contributed by atoms with E-state index in [0.29, 0.717) is 5.02 Å². The third-order valence-corrected chi connectivity index (χ3v) is 3.38. The number of rotatable bonds is 4. The van der Waals surface area contributed by atoms with Crippen molar-refractivity contribution < 1.29 is 13.9 Å². The van der Waals surface area contributed by atoms with Gasteiger partial charge in [-0.2, -0.15) is 0 Å². The Balaban J connectivity index is 2.22. The molecule has 1 saturated carbocycles. The molecule has 1 fully saturated rings. The van der Waals surface area contributed by atoms with Gasteiger partial charge in [-0.05, 0) is 36.5 Å². The average molecular weight is 257 g/mol. The molecule has 1 aromatic rings. The molecule has 1 aliphatic carbocycles. The molecular weight excluding hydrogens is 243 g/mol. The highest BCUT2D eigenvalue weighted by molar-refractivity contribution is 6.30. The summed E-state index contributed by atoms with van der Waals surface area (Å²) < 4.78 is 18.5. The highest BCUT2D eigenvalue weighted by Crippen LogP contribution is 2.45. The minimum atomic E-state index is -1.59. The number of esters is 1. The van der Waals surface area contributed by atoms with Crippen LogP contribution in [-0.2, 0) is 9.53 Å². The molecule has 92 valence electrons. The zero-order valence-electron chi connectivity index (χ0n) is 9.53. The Morgan fingerprint density at radius 1 is 1.41 bits per heavy atom. The monoisotopic (exact) mass is 256 g/mol. The topological polar surface area (TPSA) is 26.3 Å². The molecule has 0 amide bonds. The van der Waals surface area contributed by atoms with E-state index in [2.05, 4.69) is 4.74 Å². The molecule has 2 rings (SSSR count). The summed E-state index contributed by atoms with van der Waals surface area (Å²) in [6.45, 7) is 0. The molecule has 0 heterocycles. The van der Waals surface area contributed by atoms with Crippen molar-refractivity contribution in [3.05, 3.63) is 34.9 Å². The van der Waals surface area contributed by atoms with Crippen molar-refractivity contribution in [2.45, 2.75) is 24.9 Å². The van der Waals surface area contributed by atoms with Crippen LogP contribution in [0, 0.1) is 5.92 Å². The fraction of sp³-hybridized carbons (Fsp3) is 0.462. The van der Waals surface area contributed by atoms with Gasteiger partial charge >= 0.3 is 5.97 Å². The first kappa shape index (κ1) is 12.4. The minimum Gasteiger partial charge on any atom is -0.467 e. The van der Waals surface area contributed by atoms with Gasteiger partial charge < -0.3 is 4.74 Å². The highest BCUT2D eigenvalue weighted by Gasteiger charge is 2.41. The lowest BCUT2D eigenvalue weighted by Gasteiger charge is -2.19. The van der Waals surface area contributed by atoms with Crippen molar-refractivity contribution in [1.29, 1.82) is 0 Å². The van der Waals surface area contributed by atoms with Crippen LogP contribution in [0.15, 0.2) is 24.3 Å². The Labute approximate surface area is 105 Å². The SMILES string of the molecule is COC(=O)C(F)C(c1ccc(Cl)cc1)C1CC1. The van der Waals surface area contributed by atoms with Crippen LogP contribution in [0.4, 0.5) is 4.39 Å². The summed E-state index contributed by atoms with van der Waals surface area (Å²) in [6.07, 6.45) is 0.337. The number of ether oxygens (including phenoxy) is 1. The number of alkyl halides is 1. The van der Waals surface area contributed by atoms with E-state index in [4.69, 9.17) is 11.6 Å². The summed E-state index contributed by atoms with van der Waals surface area (Å²) in [6, 6.07) is 6.99. The van der Waals surface area contributed by atoms with Crippen LogP contribution in [0.2, 0.25) is 5.02 Å². The molecule has 0 radical (unpaired) electrons. The Kier molecular flexibility index (Phi) is 3.67. The van der Waals surface area contributed by atoms with Crippen molar-refractivity contribution in [2.24, 2.45) is 5.92 Å². The largest absolute Gasteiger partial charge is 0.467 e. The fourth-order valence-electron chi connectivity index (χ4n) is 2.08. The summed E-state index contributed by atoms with van der Waals surface area (Å²) in [5, 5.41) is 0.608. The maximum Gasteiger partial charge on any atom is 0.341 e. The molecule has 0 aromatic heterocycles. The van der Waals surface area contributed by atoms with Gasteiger partial charge in [-0.25, -0.2) is 9.18 Å². The van der Waals surface area contributed by atoms with E-state index in [9.17, 15) is 9.18 Å². The molecule has 17 heavy (non-hydrogen) atoms. The van der Waals surface area contributed by atoms with E-state index in [1.54, 1.807) is 24.3 Å². The molecule has 2 nitrogen and oxygen atoms in total. The van der Waals surface area contributed by atoms with Gasteiger partial charge in [-0.15, -0.1) is 0 Å². The first-order chi connectivity index (χ1) is 8.13. The summed E-state index contributed by atoms with van der Waals surface area (Å²) in [5.41, 5.74) is 0.815. The van der Waals surface area contributed by atoms with E-state index < -0.39 is 18.1 Å². The van der Waals surface area contributed by atoms with Crippen LogP contribution in [0.3, 0.4) is 0 Å². The molecule has 0 bridgehead atoms. The van der Waals surface area contributed by atoms with Crippen LogP contribution < -0.4 is 0 Å². The summed E-state index contributed by atoms with van der Waals surface area (Å²) >= 11 is 5.80. The minimum absolute atomic E-state index is 0.241. The third kappa shape index (κ3) is 2.78. The molecular formula is C13H14ClFO2. The van der Waals surface area contributed by atoms with Crippen LogP contribution in [0.5, 0.6) is 0 Å². The quantitative estimate of drug-likeness (QED) is 0.773. The second-order valence-electron chi connectivity index (χ2n) is 4.34. The van der Waals surface area contributed by atoms with E-state index in [1.165, 1.54) is 7.11 Å².